The summed E-state index contributed by atoms with van der Waals surface area (Å²) in [5.74, 6) is 0.505. The molecule has 8 nitrogen and oxygen atoms in total. The number of amides is 1. The van der Waals surface area contributed by atoms with Crippen LogP contribution < -0.4 is 10.2 Å². The van der Waals surface area contributed by atoms with Crippen molar-refractivity contribution >= 4 is 23.1 Å². The predicted octanol–water partition coefficient (Wildman–Crippen LogP) is 1.21. The average Bonchev–Trinajstić information content (AvgIpc) is 2.98. The zero-order chi connectivity index (χ0) is 16.4. The van der Waals surface area contributed by atoms with Gasteiger partial charge in [0.1, 0.15) is 0 Å². The third-order valence-corrected chi connectivity index (χ3v) is 3.57. The second-order valence-corrected chi connectivity index (χ2v) is 5.39. The maximum Gasteiger partial charge on any atom is 0.243 e. The van der Waals surface area contributed by atoms with Crippen LogP contribution in [0.4, 0.5) is 11.5 Å². The lowest BCUT2D eigenvalue weighted by molar-refractivity contribution is -0.114. The summed E-state index contributed by atoms with van der Waals surface area (Å²) >= 11 is 0. The Morgan fingerprint density at radius 3 is 2.70 bits per heavy atom. The first-order chi connectivity index (χ1) is 11.0. The standard InChI is InChI=1S/C15H17N7O/c1-10-5-4-6-11(2)15(10)16-14(23)9-21(3)13-8-7-12-17-19-20-22(12)18-13/h4-8H,9H2,1-3H3,(H,16,23). The number of benzene rings is 1. The highest BCUT2D eigenvalue weighted by atomic mass is 16.2. The van der Waals surface area contributed by atoms with Gasteiger partial charge < -0.3 is 10.2 Å². The molecule has 1 amide bonds. The van der Waals surface area contributed by atoms with Crippen molar-refractivity contribution in [2.24, 2.45) is 0 Å². The van der Waals surface area contributed by atoms with Crippen LogP contribution in [0.15, 0.2) is 30.3 Å². The smallest absolute Gasteiger partial charge is 0.243 e. The molecule has 0 aliphatic heterocycles. The van der Waals surface area contributed by atoms with Gasteiger partial charge in [0.15, 0.2) is 11.5 Å². The number of carbonyl (C=O) groups excluding carboxylic acids is 1. The summed E-state index contributed by atoms with van der Waals surface area (Å²) in [7, 11) is 1.79. The van der Waals surface area contributed by atoms with E-state index in [9.17, 15) is 4.79 Å². The zero-order valence-electron chi connectivity index (χ0n) is 13.2. The van der Waals surface area contributed by atoms with Gasteiger partial charge in [-0.2, -0.15) is 0 Å². The maximum atomic E-state index is 12.3. The molecule has 23 heavy (non-hydrogen) atoms. The summed E-state index contributed by atoms with van der Waals surface area (Å²) in [6.45, 7) is 4.12. The third-order valence-electron chi connectivity index (χ3n) is 3.57. The Labute approximate surface area is 133 Å². The van der Waals surface area contributed by atoms with E-state index in [1.54, 1.807) is 24.1 Å². The van der Waals surface area contributed by atoms with Crippen molar-refractivity contribution in [2.75, 3.05) is 23.8 Å². The van der Waals surface area contributed by atoms with Crippen molar-refractivity contribution in [1.82, 2.24) is 25.3 Å². The van der Waals surface area contributed by atoms with E-state index in [0.717, 1.165) is 16.8 Å². The van der Waals surface area contributed by atoms with Crippen LogP contribution in [0.3, 0.4) is 0 Å². The first-order valence-corrected chi connectivity index (χ1v) is 7.17. The van der Waals surface area contributed by atoms with E-state index in [4.69, 9.17) is 0 Å². The number of aryl methyl sites for hydroxylation is 2. The minimum atomic E-state index is -0.108. The number of tetrazole rings is 1. The van der Waals surface area contributed by atoms with Crippen molar-refractivity contribution < 1.29 is 4.79 Å². The predicted molar refractivity (Wildman–Crippen MR) is 86.4 cm³/mol. The van der Waals surface area contributed by atoms with Crippen LogP contribution in [-0.4, -0.2) is 44.8 Å². The molecule has 0 unspecified atom stereocenters. The van der Waals surface area contributed by atoms with Crippen LogP contribution >= 0.6 is 0 Å². The number of likely N-dealkylation sites (N-methyl/N-ethyl adjacent to an activating group) is 1. The van der Waals surface area contributed by atoms with Crippen molar-refractivity contribution in [3.05, 3.63) is 41.5 Å². The molecule has 0 aliphatic carbocycles. The highest BCUT2D eigenvalue weighted by Crippen LogP contribution is 2.19. The van der Waals surface area contributed by atoms with Gasteiger partial charge in [0.2, 0.25) is 5.91 Å². The quantitative estimate of drug-likeness (QED) is 0.779. The monoisotopic (exact) mass is 311 g/mol. The summed E-state index contributed by atoms with van der Waals surface area (Å²) in [5.41, 5.74) is 3.49. The van der Waals surface area contributed by atoms with Gasteiger partial charge in [0.25, 0.3) is 0 Å². The van der Waals surface area contributed by atoms with E-state index >= 15 is 0 Å². The second-order valence-electron chi connectivity index (χ2n) is 5.39. The van der Waals surface area contributed by atoms with E-state index in [0.29, 0.717) is 11.5 Å². The Hall–Kier alpha value is -3.03. The van der Waals surface area contributed by atoms with Crippen LogP contribution in [0.2, 0.25) is 0 Å². The number of rotatable bonds is 4. The Kier molecular flexibility index (Phi) is 3.88. The first kappa shape index (κ1) is 14.9. The number of hydrogen-bond acceptors (Lipinski definition) is 6. The zero-order valence-corrected chi connectivity index (χ0v) is 13.2. The number of aromatic nitrogens is 5. The van der Waals surface area contributed by atoms with Gasteiger partial charge >= 0.3 is 0 Å². The summed E-state index contributed by atoms with van der Waals surface area (Å²) in [5, 5.41) is 18.3. The molecule has 0 spiro atoms. The molecule has 1 aromatic carbocycles. The Balaban J connectivity index is 1.71. The fourth-order valence-corrected chi connectivity index (χ4v) is 2.33. The van der Waals surface area contributed by atoms with Crippen LogP contribution in [-0.2, 0) is 4.79 Å². The molecule has 0 bridgehead atoms. The fourth-order valence-electron chi connectivity index (χ4n) is 2.33. The van der Waals surface area contributed by atoms with E-state index in [2.05, 4.69) is 25.9 Å². The number of fused-ring (bicyclic) bond motifs is 1. The van der Waals surface area contributed by atoms with Crippen molar-refractivity contribution in [3.8, 4) is 0 Å². The van der Waals surface area contributed by atoms with Gasteiger partial charge in [-0.3, -0.25) is 4.79 Å². The molecule has 3 aromatic rings. The summed E-state index contributed by atoms with van der Waals surface area (Å²) < 4.78 is 1.33. The highest BCUT2D eigenvalue weighted by molar-refractivity contribution is 5.95. The normalized spacial score (nSPS) is 10.7. The van der Waals surface area contributed by atoms with Gasteiger partial charge in [-0.1, -0.05) is 18.2 Å². The Morgan fingerprint density at radius 1 is 1.22 bits per heavy atom. The molecular formula is C15H17N7O. The molecule has 0 saturated carbocycles. The summed E-state index contributed by atoms with van der Waals surface area (Å²) in [6, 6.07) is 9.44. The third kappa shape index (κ3) is 3.10. The van der Waals surface area contributed by atoms with Gasteiger partial charge in [-0.25, -0.2) is 0 Å². The minimum absolute atomic E-state index is 0.108. The largest absolute Gasteiger partial charge is 0.349 e. The van der Waals surface area contributed by atoms with Crippen molar-refractivity contribution in [3.63, 3.8) is 0 Å². The summed E-state index contributed by atoms with van der Waals surface area (Å²) in [4.78, 5) is 14.0. The van der Waals surface area contributed by atoms with Crippen LogP contribution in [0.5, 0.6) is 0 Å². The summed E-state index contributed by atoms with van der Waals surface area (Å²) in [6.07, 6.45) is 0. The number of carbonyl (C=O) groups is 1. The highest BCUT2D eigenvalue weighted by Gasteiger charge is 2.12. The number of nitrogens with zero attached hydrogens (tertiary/aromatic N) is 6. The fraction of sp³-hybridized carbons (Fsp3) is 0.267. The van der Waals surface area contributed by atoms with Gasteiger partial charge in [0.05, 0.1) is 6.54 Å². The molecule has 2 heterocycles. The molecule has 0 atom stereocenters. The Bertz CT molecular complexity index is 838. The Morgan fingerprint density at radius 2 is 1.96 bits per heavy atom. The topological polar surface area (TPSA) is 88.3 Å². The number of anilines is 2. The molecule has 118 valence electrons. The molecule has 8 heteroatoms. The maximum absolute atomic E-state index is 12.3. The van der Waals surface area contributed by atoms with E-state index in [-0.39, 0.29) is 12.5 Å². The lowest BCUT2D eigenvalue weighted by Gasteiger charge is -2.18. The lowest BCUT2D eigenvalue weighted by Crippen LogP contribution is -2.31. The molecule has 0 saturated heterocycles. The SMILES string of the molecule is Cc1cccc(C)c1NC(=O)CN(C)c1ccc2nnnn2n1. The van der Waals surface area contributed by atoms with Gasteiger partial charge in [0, 0.05) is 12.7 Å². The molecule has 3 rings (SSSR count). The molecule has 0 fully saturated rings. The van der Waals surface area contributed by atoms with E-state index < -0.39 is 0 Å². The average molecular weight is 311 g/mol. The molecule has 0 radical (unpaired) electrons. The van der Waals surface area contributed by atoms with E-state index in [1.807, 2.05) is 32.0 Å². The van der Waals surface area contributed by atoms with Crippen molar-refractivity contribution in [1.29, 1.82) is 0 Å². The number of hydrogen-bond donors (Lipinski definition) is 1. The molecule has 0 aliphatic rings. The first-order valence-electron chi connectivity index (χ1n) is 7.17. The number of para-hydroxylation sites is 1. The van der Waals surface area contributed by atoms with Gasteiger partial charge in [-0.05, 0) is 47.5 Å². The van der Waals surface area contributed by atoms with Crippen LogP contribution in [0.25, 0.3) is 5.65 Å². The van der Waals surface area contributed by atoms with Crippen molar-refractivity contribution in [2.45, 2.75) is 13.8 Å². The molecule has 1 N–H and O–H groups in total. The molecule has 2 aromatic heterocycles. The lowest BCUT2D eigenvalue weighted by atomic mass is 10.1. The van der Waals surface area contributed by atoms with Crippen LogP contribution in [0.1, 0.15) is 11.1 Å². The molecular weight excluding hydrogens is 294 g/mol. The van der Waals surface area contributed by atoms with Gasteiger partial charge in [-0.15, -0.1) is 14.8 Å². The minimum Gasteiger partial charge on any atom is -0.349 e. The van der Waals surface area contributed by atoms with Crippen LogP contribution in [0, 0.1) is 13.8 Å². The number of nitrogens with one attached hydrogen (secondary N) is 1. The van der Waals surface area contributed by atoms with E-state index in [1.165, 1.54) is 4.63 Å². The second kappa shape index (κ2) is 5.99.